The molecule has 1 aromatic rings. The molecule has 2 rings (SSSR count). The number of imide groups is 2. The number of amides is 6. The molecule has 2 heterocycles. The van der Waals surface area contributed by atoms with Crippen molar-refractivity contribution in [3.05, 3.63) is 24.2 Å². The lowest BCUT2D eigenvalue weighted by atomic mass is 10.4. The van der Waals surface area contributed by atoms with Gasteiger partial charge in [0.2, 0.25) is 11.8 Å². The summed E-state index contributed by atoms with van der Waals surface area (Å²) in [7, 11) is 0. The summed E-state index contributed by atoms with van der Waals surface area (Å²) in [6.07, 6.45) is 2.13. The van der Waals surface area contributed by atoms with Crippen molar-refractivity contribution in [3.63, 3.8) is 0 Å². The number of nitrogens with one attached hydrogen (secondary N) is 2. The first-order chi connectivity index (χ1) is 11.9. The van der Waals surface area contributed by atoms with Crippen LogP contribution in [0.3, 0.4) is 0 Å². The van der Waals surface area contributed by atoms with Gasteiger partial charge in [0.05, 0.1) is 19.4 Å². The Morgan fingerprint density at radius 2 is 1.80 bits per heavy atom. The van der Waals surface area contributed by atoms with E-state index in [0.29, 0.717) is 22.1 Å². The molecule has 1 fully saturated rings. The lowest BCUT2D eigenvalue weighted by Gasteiger charge is -2.14. The van der Waals surface area contributed by atoms with Gasteiger partial charge in [0.25, 0.3) is 0 Å². The van der Waals surface area contributed by atoms with Crippen LogP contribution in [-0.4, -0.2) is 59.1 Å². The minimum atomic E-state index is -1.10. The predicted molar refractivity (Wildman–Crippen MR) is 82.7 cm³/mol. The summed E-state index contributed by atoms with van der Waals surface area (Å²) < 4.78 is 5.04. The van der Waals surface area contributed by atoms with Crippen LogP contribution >= 0.6 is 0 Å². The molecule has 1 aliphatic rings. The van der Waals surface area contributed by atoms with Crippen LogP contribution in [0.2, 0.25) is 0 Å². The second-order valence-corrected chi connectivity index (χ2v) is 5.27. The van der Waals surface area contributed by atoms with Crippen LogP contribution in [-0.2, 0) is 25.7 Å². The molecule has 0 radical (unpaired) electrons. The molecule has 1 aromatic heterocycles. The van der Waals surface area contributed by atoms with Gasteiger partial charge in [0, 0.05) is 6.54 Å². The maximum atomic E-state index is 12.2. The summed E-state index contributed by atoms with van der Waals surface area (Å²) in [5, 5.41) is 4.85. The summed E-state index contributed by atoms with van der Waals surface area (Å²) in [5.74, 6) is -2.91. The number of urea groups is 1. The van der Waals surface area contributed by atoms with Gasteiger partial charge in [-0.1, -0.05) is 6.92 Å². The standard InChI is InChI=1S/C15H18N4O6/c1-2-5-16-11(20)7-17-12(21)9-19-14(23)13(22)18(15(19)24)8-10-4-3-6-25-10/h3-4,6H,2,5,7-9H2,1H3,(H,16,20)(H,17,21). The number of nitrogens with zero attached hydrogens (tertiary/aromatic N) is 2. The molecule has 1 saturated heterocycles. The first-order valence-electron chi connectivity index (χ1n) is 7.67. The Morgan fingerprint density at radius 3 is 2.44 bits per heavy atom. The predicted octanol–water partition coefficient (Wildman–Crippen LogP) is -0.787. The fourth-order valence-electron chi connectivity index (χ4n) is 2.09. The van der Waals surface area contributed by atoms with E-state index in [9.17, 15) is 24.0 Å². The molecule has 0 spiro atoms. The lowest BCUT2D eigenvalue weighted by Crippen LogP contribution is -2.44. The van der Waals surface area contributed by atoms with Crippen molar-refractivity contribution in [3.8, 4) is 0 Å². The fraction of sp³-hybridized carbons (Fsp3) is 0.400. The molecular weight excluding hydrogens is 332 g/mol. The zero-order valence-electron chi connectivity index (χ0n) is 13.6. The minimum absolute atomic E-state index is 0.200. The SMILES string of the molecule is CCCNC(=O)CNC(=O)CN1C(=O)C(=O)N(Cc2ccco2)C1=O. The average molecular weight is 350 g/mol. The Kier molecular flexibility index (Phi) is 5.88. The van der Waals surface area contributed by atoms with E-state index in [1.165, 1.54) is 6.26 Å². The van der Waals surface area contributed by atoms with E-state index in [0.717, 1.165) is 6.42 Å². The van der Waals surface area contributed by atoms with Gasteiger partial charge in [0.15, 0.2) is 0 Å². The van der Waals surface area contributed by atoms with Crippen LogP contribution in [0.5, 0.6) is 0 Å². The third kappa shape index (κ3) is 4.43. The topological polar surface area (TPSA) is 129 Å². The van der Waals surface area contributed by atoms with Crippen molar-refractivity contribution >= 4 is 29.7 Å². The molecule has 0 atom stereocenters. The average Bonchev–Trinajstić information content (AvgIpc) is 3.17. The number of carbonyl (C=O) groups excluding carboxylic acids is 5. The molecule has 0 bridgehead atoms. The van der Waals surface area contributed by atoms with Gasteiger partial charge in [-0.05, 0) is 18.6 Å². The molecule has 0 saturated carbocycles. The van der Waals surface area contributed by atoms with Gasteiger partial charge in [-0.15, -0.1) is 0 Å². The molecule has 25 heavy (non-hydrogen) atoms. The Bertz CT molecular complexity index is 684. The van der Waals surface area contributed by atoms with E-state index in [-0.39, 0.29) is 19.0 Å². The van der Waals surface area contributed by atoms with E-state index in [4.69, 9.17) is 4.42 Å². The van der Waals surface area contributed by atoms with Crippen LogP contribution in [0, 0.1) is 0 Å². The lowest BCUT2D eigenvalue weighted by molar-refractivity contribution is -0.144. The van der Waals surface area contributed by atoms with Gasteiger partial charge < -0.3 is 15.1 Å². The largest absolute Gasteiger partial charge is 0.467 e. The molecule has 0 unspecified atom stereocenters. The van der Waals surface area contributed by atoms with E-state index >= 15 is 0 Å². The molecule has 0 aromatic carbocycles. The Balaban J connectivity index is 1.89. The van der Waals surface area contributed by atoms with E-state index in [2.05, 4.69) is 10.6 Å². The highest BCUT2D eigenvalue weighted by molar-refractivity contribution is 6.44. The zero-order valence-corrected chi connectivity index (χ0v) is 13.6. The van der Waals surface area contributed by atoms with Gasteiger partial charge in [-0.2, -0.15) is 0 Å². The summed E-state index contributed by atoms with van der Waals surface area (Å²) >= 11 is 0. The highest BCUT2D eigenvalue weighted by atomic mass is 16.3. The summed E-state index contributed by atoms with van der Waals surface area (Å²) in [6.45, 7) is 1.25. The first-order valence-corrected chi connectivity index (χ1v) is 7.67. The van der Waals surface area contributed by atoms with Crippen molar-refractivity contribution in [2.24, 2.45) is 0 Å². The monoisotopic (exact) mass is 350 g/mol. The number of hydrogen-bond donors (Lipinski definition) is 2. The molecule has 0 aliphatic carbocycles. The molecule has 10 nitrogen and oxygen atoms in total. The molecular formula is C15H18N4O6. The number of rotatable bonds is 8. The maximum absolute atomic E-state index is 12.2. The van der Waals surface area contributed by atoms with Crippen molar-refractivity contribution in [1.82, 2.24) is 20.4 Å². The number of carbonyl (C=O) groups is 5. The third-order valence-electron chi connectivity index (χ3n) is 3.35. The van der Waals surface area contributed by atoms with E-state index in [1.54, 1.807) is 12.1 Å². The second-order valence-electron chi connectivity index (χ2n) is 5.27. The molecule has 1 aliphatic heterocycles. The molecule has 2 N–H and O–H groups in total. The zero-order chi connectivity index (χ0) is 18.4. The highest BCUT2D eigenvalue weighted by Crippen LogP contribution is 2.15. The van der Waals surface area contributed by atoms with Crippen LogP contribution in [0.1, 0.15) is 19.1 Å². The second kappa shape index (κ2) is 8.08. The van der Waals surface area contributed by atoms with Gasteiger partial charge in [-0.25, -0.2) is 14.6 Å². The van der Waals surface area contributed by atoms with Crippen molar-refractivity contribution in [2.45, 2.75) is 19.9 Å². The summed E-state index contributed by atoms with van der Waals surface area (Å²) in [6, 6.07) is 2.23. The van der Waals surface area contributed by atoms with Crippen molar-refractivity contribution < 1.29 is 28.4 Å². The molecule has 6 amide bonds. The van der Waals surface area contributed by atoms with Gasteiger partial charge >= 0.3 is 17.8 Å². The van der Waals surface area contributed by atoms with Gasteiger partial charge in [0.1, 0.15) is 12.3 Å². The quantitative estimate of drug-likeness (QED) is 0.467. The fourth-order valence-corrected chi connectivity index (χ4v) is 2.09. The van der Waals surface area contributed by atoms with E-state index < -0.39 is 30.3 Å². The van der Waals surface area contributed by atoms with Crippen molar-refractivity contribution in [1.29, 1.82) is 0 Å². The van der Waals surface area contributed by atoms with E-state index in [1.807, 2.05) is 6.92 Å². The smallest absolute Gasteiger partial charge is 0.335 e. The third-order valence-corrected chi connectivity index (χ3v) is 3.35. The van der Waals surface area contributed by atoms with Crippen LogP contribution < -0.4 is 10.6 Å². The van der Waals surface area contributed by atoms with Gasteiger partial charge in [-0.3, -0.25) is 19.2 Å². The number of furan rings is 1. The minimum Gasteiger partial charge on any atom is -0.467 e. The molecule has 134 valence electrons. The number of hydrogen-bond acceptors (Lipinski definition) is 6. The maximum Gasteiger partial charge on any atom is 0.335 e. The summed E-state index contributed by atoms with van der Waals surface area (Å²) in [5.41, 5.74) is 0. The summed E-state index contributed by atoms with van der Waals surface area (Å²) in [4.78, 5) is 60.4. The highest BCUT2D eigenvalue weighted by Gasteiger charge is 2.45. The first kappa shape index (κ1) is 18.2. The normalized spacial score (nSPS) is 14.2. The van der Waals surface area contributed by atoms with Crippen LogP contribution in [0.15, 0.2) is 22.8 Å². The Hall–Kier alpha value is -3.17. The Morgan fingerprint density at radius 1 is 1.08 bits per heavy atom. The van der Waals surface area contributed by atoms with Crippen LogP contribution in [0.4, 0.5) is 4.79 Å². The Labute approximate surface area is 143 Å². The molecule has 10 heteroatoms. The van der Waals surface area contributed by atoms with Crippen molar-refractivity contribution in [2.75, 3.05) is 19.6 Å². The van der Waals surface area contributed by atoms with Crippen LogP contribution in [0.25, 0.3) is 0 Å².